The first-order chi connectivity index (χ1) is 4.27. The number of rotatable bonds is 5. The molecule has 0 aromatic carbocycles. The van der Waals surface area contributed by atoms with Gasteiger partial charge >= 0.3 is 0 Å². The van der Waals surface area contributed by atoms with Crippen molar-refractivity contribution >= 4 is 0 Å². The van der Waals surface area contributed by atoms with E-state index in [-0.39, 0.29) is 27.8 Å². The van der Waals surface area contributed by atoms with Crippen LogP contribution in [0.15, 0.2) is 0 Å². The molecule has 0 heterocycles. The molecule has 0 amide bonds. The van der Waals surface area contributed by atoms with Gasteiger partial charge in [-0.2, -0.15) is 0 Å². The minimum Gasteiger partial charge on any atom is -0.393 e. The number of aliphatic hydroxyl groups is 1. The zero-order valence-electron chi connectivity index (χ0n) is 7.06. The van der Waals surface area contributed by atoms with Crippen molar-refractivity contribution in [2.75, 3.05) is 0 Å². The van der Waals surface area contributed by atoms with Crippen LogP contribution in [-0.4, -0.2) is 11.2 Å². The Hall–Kier alpha value is 0.674. The summed E-state index contributed by atoms with van der Waals surface area (Å²) >= 11 is 0. The molecule has 0 aliphatic carbocycles. The molecule has 0 spiro atoms. The summed E-state index contributed by atoms with van der Waals surface area (Å²) in [5.41, 5.74) is 0. The predicted octanol–water partition coefficient (Wildman–Crippen LogP) is 2.34. The van der Waals surface area contributed by atoms with Crippen LogP contribution in [0.2, 0.25) is 0 Å². The smallest absolute Gasteiger partial charge is 0.0512 e. The second-order valence-corrected chi connectivity index (χ2v) is 2.70. The van der Waals surface area contributed by atoms with E-state index in [9.17, 15) is 0 Å². The van der Waals surface area contributed by atoms with Crippen LogP contribution in [0.5, 0.6) is 0 Å². The van der Waals surface area contributed by atoms with Gasteiger partial charge in [-0.25, -0.2) is 0 Å². The Morgan fingerprint density at radius 2 is 1.80 bits per heavy atom. The number of aliphatic hydroxyl groups excluding tert-OH is 1. The molecule has 10 heavy (non-hydrogen) atoms. The standard InChI is InChI=1S/C8H18O.Ti/c1-3-4-5-6-7-8(2)9;/h8-9H,3-7H2,1-2H3;. The molecule has 0 saturated heterocycles. The van der Waals surface area contributed by atoms with Gasteiger partial charge in [-0.15, -0.1) is 0 Å². The Labute approximate surface area is 79.1 Å². The molecular weight excluding hydrogens is 160 g/mol. The Kier molecular flexibility index (Phi) is 12.8. The van der Waals surface area contributed by atoms with Gasteiger partial charge in [-0.3, -0.25) is 0 Å². The van der Waals surface area contributed by atoms with Crippen LogP contribution in [0.1, 0.15) is 46.0 Å². The molecule has 1 unspecified atom stereocenters. The Bertz CT molecular complexity index is 55.2. The predicted molar refractivity (Wildman–Crippen MR) is 40.4 cm³/mol. The molecule has 2 heteroatoms. The molecule has 0 aromatic rings. The van der Waals surface area contributed by atoms with Gasteiger partial charge in [0.05, 0.1) is 6.10 Å². The van der Waals surface area contributed by atoms with Gasteiger partial charge in [0.15, 0.2) is 0 Å². The molecule has 60 valence electrons. The third-order valence-corrected chi connectivity index (χ3v) is 1.48. The van der Waals surface area contributed by atoms with E-state index < -0.39 is 0 Å². The van der Waals surface area contributed by atoms with Crippen molar-refractivity contribution in [3.8, 4) is 0 Å². The summed E-state index contributed by atoms with van der Waals surface area (Å²) in [6.45, 7) is 4.05. The monoisotopic (exact) mass is 178 g/mol. The molecule has 0 fully saturated rings. The first-order valence-corrected chi connectivity index (χ1v) is 3.95. The van der Waals surface area contributed by atoms with E-state index in [1.54, 1.807) is 0 Å². The molecular formula is C8H18OTi. The fourth-order valence-electron chi connectivity index (χ4n) is 0.867. The molecule has 0 bridgehead atoms. The van der Waals surface area contributed by atoms with Gasteiger partial charge in [0, 0.05) is 21.7 Å². The van der Waals surface area contributed by atoms with E-state index in [0.717, 1.165) is 6.42 Å². The van der Waals surface area contributed by atoms with E-state index in [0.29, 0.717) is 0 Å². The largest absolute Gasteiger partial charge is 0.393 e. The molecule has 1 nitrogen and oxygen atoms in total. The normalized spacial score (nSPS) is 12.3. The fraction of sp³-hybridized carbons (Fsp3) is 1.00. The van der Waals surface area contributed by atoms with Crippen LogP contribution in [0.4, 0.5) is 0 Å². The van der Waals surface area contributed by atoms with Crippen molar-refractivity contribution < 1.29 is 26.8 Å². The molecule has 0 rings (SSSR count). The summed E-state index contributed by atoms with van der Waals surface area (Å²) in [5, 5.41) is 8.85. The van der Waals surface area contributed by atoms with Crippen LogP contribution in [-0.2, 0) is 21.7 Å². The minimum atomic E-state index is -0.0955. The van der Waals surface area contributed by atoms with Crippen LogP contribution < -0.4 is 0 Å². The third kappa shape index (κ3) is 11.5. The average Bonchev–Trinajstić information content (AvgIpc) is 1.80. The van der Waals surface area contributed by atoms with Gasteiger partial charge in [0.25, 0.3) is 0 Å². The van der Waals surface area contributed by atoms with Crippen LogP contribution in [0, 0.1) is 0 Å². The van der Waals surface area contributed by atoms with Crippen LogP contribution in [0.25, 0.3) is 0 Å². The maximum absolute atomic E-state index is 8.85. The van der Waals surface area contributed by atoms with Gasteiger partial charge in [-0.1, -0.05) is 32.6 Å². The molecule has 0 radical (unpaired) electrons. The molecule has 0 aromatic heterocycles. The van der Waals surface area contributed by atoms with Crippen molar-refractivity contribution in [2.24, 2.45) is 0 Å². The van der Waals surface area contributed by atoms with E-state index in [2.05, 4.69) is 6.92 Å². The molecule has 0 saturated carbocycles. The average molecular weight is 178 g/mol. The zero-order valence-corrected chi connectivity index (χ0v) is 8.62. The van der Waals surface area contributed by atoms with Crippen molar-refractivity contribution in [3.05, 3.63) is 0 Å². The van der Waals surface area contributed by atoms with Crippen molar-refractivity contribution in [2.45, 2.75) is 52.1 Å². The fourth-order valence-corrected chi connectivity index (χ4v) is 0.867. The van der Waals surface area contributed by atoms with Crippen molar-refractivity contribution in [3.63, 3.8) is 0 Å². The van der Waals surface area contributed by atoms with E-state index >= 15 is 0 Å². The Morgan fingerprint density at radius 3 is 2.20 bits per heavy atom. The first-order valence-electron chi connectivity index (χ1n) is 3.95. The van der Waals surface area contributed by atoms with Crippen molar-refractivity contribution in [1.82, 2.24) is 0 Å². The topological polar surface area (TPSA) is 20.2 Å². The molecule has 0 aliphatic heterocycles. The molecule has 1 atom stereocenters. The second-order valence-electron chi connectivity index (χ2n) is 2.70. The molecule has 1 N–H and O–H groups in total. The Balaban J connectivity index is 0. The summed E-state index contributed by atoms with van der Waals surface area (Å²) in [5.74, 6) is 0. The maximum Gasteiger partial charge on any atom is 0.0512 e. The summed E-state index contributed by atoms with van der Waals surface area (Å²) in [7, 11) is 0. The van der Waals surface area contributed by atoms with Gasteiger partial charge < -0.3 is 5.11 Å². The third-order valence-electron chi connectivity index (χ3n) is 1.48. The van der Waals surface area contributed by atoms with Gasteiger partial charge in [-0.05, 0) is 13.3 Å². The van der Waals surface area contributed by atoms with E-state index in [1.807, 2.05) is 6.92 Å². The Morgan fingerprint density at radius 1 is 1.20 bits per heavy atom. The summed E-state index contributed by atoms with van der Waals surface area (Å²) in [6, 6.07) is 0. The zero-order chi connectivity index (χ0) is 7.11. The van der Waals surface area contributed by atoms with Crippen LogP contribution >= 0.6 is 0 Å². The minimum absolute atomic E-state index is 0. The number of hydrogen-bond acceptors (Lipinski definition) is 1. The van der Waals surface area contributed by atoms with Crippen molar-refractivity contribution in [1.29, 1.82) is 0 Å². The van der Waals surface area contributed by atoms with Gasteiger partial charge in [0.2, 0.25) is 0 Å². The number of unbranched alkanes of at least 4 members (excludes halogenated alkanes) is 3. The van der Waals surface area contributed by atoms with Gasteiger partial charge in [0.1, 0.15) is 0 Å². The second kappa shape index (κ2) is 9.67. The summed E-state index contributed by atoms with van der Waals surface area (Å²) in [6.07, 6.45) is 5.93. The quantitative estimate of drug-likeness (QED) is 0.506. The van der Waals surface area contributed by atoms with E-state index in [1.165, 1.54) is 25.7 Å². The molecule has 0 aliphatic rings. The SMILES string of the molecule is CCCCCCC(C)O.[Ti]. The van der Waals surface area contributed by atoms with Crippen LogP contribution in [0.3, 0.4) is 0 Å². The summed E-state index contributed by atoms with van der Waals surface area (Å²) < 4.78 is 0. The first kappa shape index (κ1) is 13.3. The van der Waals surface area contributed by atoms with E-state index in [4.69, 9.17) is 5.11 Å². The summed E-state index contributed by atoms with van der Waals surface area (Å²) in [4.78, 5) is 0. The number of hydrogen-bond donors (Lipinski definition) is 1. The maximum atomic E-state index is 8.85.